The highest BCUT2D eigenvalue weighted by Crippen LogP contribution is 2.47. The van der Waals surface area contributed by atoms with Gasteiger partial charge < -0.3 is 4.74 Å². The number of hydrogen-bond donors (Lipinski definition) is 0. The average molecular weight is 325 g/mol. The highest BCUT2D eigenvalue weighted by atomic mass is 16.6. The van der Waals surface area contributed by atoms with E-state index < -0.39 is 0 Å². The molecule has 1 saturated carbocycles. The first-order valence-corrected chi connectivity index (χ1v) is 8.85. The summed E-state index contributed by atoms with van der Waals surface area (Å²) in [4.78, 5) is 26.1. The highest BCUT2D eigenvalue weighted by molar-refractivity contribution is 5.79. The van der Waals surface area contributed by atoms with E-state index in [2.05, 4.69) is 18.2 Å². The molecule has 1 aromatic carbocycles. The maximum Gasteiger partial charge on any atom is 0.414 e. The molecule has 4 nitrogen and oxygen atoms in total. The molecule has 24 heavy (non-hydrogen) atoms. The van der Waals surface area contributed by atoms with Crippen LogP contribution in [0.15, 0.2) is 42.1 Å². The van der Waals surface area contributed by atoms with Crippen molar-refractivity contribution in [3.8, 4) is 0 Å². The van der Waals surface area contributed by atoms with E-state index in [4.69, 9.17) is 4.74 Å². The summed E-state index contributed by atoms with van der Waals surface area (Å²) in [5.74, 6) is 1.02. The van der Waals surface area contributed by atoms with E-state index >= 15 is 0 Å². The third-order valence-corrected chi connectivity index (χ3v) is 5.78. The van der Waals surface area contributed by atoms with Crippen molar-refractivity contribution >= 4 is 11.9 Å². The van der Waals surface area contributed by atoms with Gasteiger partial charge in [0.15, 0.2) is 0 Å². The normalized spacial score (nSPS) is 31.8. The van der Waals surface area contributed by atoms with Crippen LogP contribution in [0.1, 0.15) is 31.7 Å². The summed E-state index contributed by atoms with van der Waals surface area (Å²) in [6.07, 6.45) is 5.78. The first kappa shape index (κ1) is 15.4. The Kier molecular flexibility index (Phi) is 3.91. The molecule has 2 bridgehead atoms. The van der Waals surface area contributed by atoms with Gasteiger partial charge in [0.2, 0.25) is 0 Å². The Labute approximate surface area is 142 Å². The third-order valence-electron chi connectivity index (χ3n) is 5.78. The van der Waals surface area contributed by atoms with E-state index in [0.717, 1.165) is 31.4 Å². The molecule has 4 aliphatic rings. The fourth-order valence-corrected chi connectivity index (χ4v) is 4.58. The highest BCUT2D eigenvalue weighted by Gasteiger charge is 2.45. The largest absolute Gasteiger partial charge is 0.447 e. The number of nitrogens with zero attached hydrogens (tertiary/aromatic N) is 1. The molecule has 1 heterocycles. The molecular weight excluding hydrogens is 302 g/mol. The van der Waals surface area contributed by atoms with E-state index in [1.165, 1.54) is 5.56 Å². The van der Waals surface area contributed by atoms with Crippen LogP contribution in [-0.2, 0) is 16.0 Å². The maximum atomic E-state index is 12.4. The molecule has 5 rings (SSSR count). The first-order chi connectivity index (χ1) is 11.6. The van der Waals surface area contributed by atoms with Gasteiger partial charge in [-0.1, -0.05) is 36.4 Å². The molecule has 3 aliphatic carbocycles. The number of allylic oxidation sites excluding steroid dienone is 2. The van der Waals surface area contributed by atoms with Crippen LogP contribution in [0.3, 0.4) is 0 Å². The van der Waals surface area contributed by atoms with Gasteiger partial charge in [-0.2, -0.15) is 0 Å². The molecule has 1 aliphatic heterocycles. The monoisotopic (exact) mass is 325 g/mol. The topological polar surface area (TPSA) is 46.6 Å². The summed E-state index contributed by atoms with van der Waals surface area (Å²) in [5, 5.41) is 0. The lowest BCUT2D eigenvalue weighted by Gasteiger charge is -2.43. The average Bonchev–Trinajstić information content (AvgIpc) is 2.96. The number of ketones is 1. The van der Waals surface area contributed by atoms with Gasteiger partial charge in [0.1, 0.15) is 12.4 Å². The van der Waals surface area contributed by atoms with E-state index in [9.17, 15) is 9.59 Å². The van der Waals surface area contributed by atoms with Crippen molar-refractivity contribution < 1.29 is 14.3 Å². The van der Waals surface area contributed by atoms with Crippen molar-refractivity contribution in [3.05, 3.63) is 47.7 Å². The molecule has 126 valence electrons. The number of fused-ring (bicyclic) bond motifs is 2. The molecular formula is C20H23NO3. The second-order valence-electron chi connectivity index (χ2n) is 7.27. The van der Waals surface area contributed by atoms with E-state index in [1.807, 2.05) is 23.1 Å². The Morgan fingerprint density at radius 3 is 2.71 bits per heavy atom. The third kappa shape index (κ3) is 2.64. The summed E-state index contributed by atoms with van der Waals surface area (Å²) in [6, 6.07) is 10.3. The Balaban J connectivity index is 1.59. The zero-order valence-electron chi connectivity index (χ0n) is 14.0. The quantitative estimate of drug-likeness (QED) is 0.850. The molecule has 1 aromatic rings. The van der Waals surface area contributed by atoms with E-state index in [1.54, 1.807) is 6.92 Å². The van der Waals surface area contributed by atoms with Gasteiger partial charge in [-0.15, -0.1) is 0 Å². The van der Waals surface area contributed by atoms with E-state index in [0.29, 0.717) is 12.5 Å². The number of carbonyl (C=O) groups is 2. The Hall–Kier alpha value is -2.10. The minimum absolute atomic E-state index is 0.0567. The molecule has 0 N–H and O–H groups in total. The van der Waals surface area contributed by atoms with Crippen LogP contribution in [0.2, 0.25) is 0 Å². The van der Waals surface area contributed by atoms with Gasteiger partial charge in [0, 0.05) is 11.6 Å². The van der Waals surface area contributed by atoms with Crippen LogP contribution >= 0.6 is 0 Å². The van der Waals surface area contributed by atoms with Crippen LogP contribution in [-0.4, -0.2) is 29.4 Å². The number of hydrogen-bond acceptors (Lipinski definition) is 3. The zero-order chi connectivity index (χ0) is 16.7. The minimum atomic E-state index is -0.228. The Morgan fingerprint density at radius 2 is 2.04 bits per heavy atom. The molecule has 0 aromatic heterocycles. The molecule has 2 fully saturated rings. The minimum Gasteiger partial charge on any atom is -0.447 e. The first-order valence-electron chi connectivity index (χ1n) is 8.85. The summed E-state index contributed by atoms with van der Waals surface area (Å²) in [7, 11) is 0. The molecule has 1 saturated heterocycles. The van der Waals surface area contributed by atoms with Crippen molar-refractivity contribution in [2.24, 2.45) is 17.8 Å². The number of carbonyl (C=O) groups excluding carboxylic acids is 2. The van der Waals surface area contributed by atoms with Crippen LogP contribution < -0.4 is 0 Å². The lowest BCUT2D eigenvalue weighted by Crippen LogP contribution is -2.43. The van der Waals surface area contributed by atoms with Crippen molar-refractivity contribution in [3.63, 3.8) is 0 Å². The van der Waals surface area contributed by atoms with Crippen molar-refractivity contribution in [2.45, 2.75) is 38.6 Å². The number of rotatable bonds is 4. The number of cyclic esters (lactones) is 1. The molecule has 0 spiro atoms. The van der Waals surface area contributed by atoms with Crippen LogP contribution in [0, 0.1) is 17.8 Å². The van der Waals surface area contributed by atoms with Crippen LogP contribution in [0.5, 0.6) is 0 Å². The van der Waals surface area contributed by atoms with E-state index in [-0.39, 0.29) is 29.8 Å². The second-order valence-corrected chi connectivity index (χ2v) is 7.27. The summed E-state index contributed by atoms with van der Waals surface area (Å²) < 4.78 is 5.36. The Morgan fingerprint density at radius 1 is 1.25 bits per heavy atom. The molecule has 0 unspecified atom stereocenters. The zero-order valence-corrected chi connectivity index (χ0v) is 14.0. The fraction of sp³-hybridized carbons (Fsp3) is 0.500. The maximum absolute atomic E-state index is 12.4. The summed E-state index contributed by atoms with van der Waals surface area (Å²) in [6.45, 7) is 2.14. The van der Waals surface area contributed by atoms with Crippen molar-refractivity contribution in [1.29, 1.82) is 0 Å². The predicted molar refractivity (Wildman–Crippen MR) is 90.2 cm³/mol. The smallest absolute Gasteiger partial charge is 0.414 e. The number of ether oxygens (including phenoxy) is 1. The van der Waals surface area contributed by atoms with Crippen molar-refractivity contribution in [1.82, 2.24) is 4.90 Å². The molecule has 0 radical (unpaired) electrons. The summed E-state index contributed by atoms with van der Waals surface area (Å²) >= 11 is 0. The summed E-state index contributed by atoms with van der Waals surface area (Å²) in [5.41, 5.74) is 2.32. The van der Waals surface area contributed by atoms with Gasteiger partial charge in [-0.05, 0) is 50.0 Å². The van der Waals surface area contributed by atoms with Gasteiger partial charge in [-0.3, -0.25) is 9.69 Å². The van der Waals surface area contributed by atoms with Gasteiger partial charge in [-0.25, -0.2) is 4.79 Å². The lowest BCUT2D eigenvalue weighted by molar-refractivity contribution is -0.123. The fourth-order valence-electron chi connectivity index (χ4n) is 4.58. The molecule has 1 amide bonds. The standard InChI is InChI=1S/C20H23NO3/c1-13(22)18-10-16-8-7-15(18)11-19(16)21-17(12-24-20(21)23)9-14-5-3-2-4-6-14/h2-6,11,15-18H,7-10,12H2,1H3/t15-,16-,17-,18-/m1/s1. The van der Waals surface area contributed by atoms with Crippen LogP contribution in [0.25, 0.3) is 0 Å². The molecule has 4 atom stereocenters. The second kappa shape index (κ2) is 6.08. The number of Topliss-reactive ketones (excluding diaryl/α,β-unsaturated/α-hetero) is 1. The SMILES string of the molecule is CC(=O)[C@H]1C[C@H]2CC[C@@H]1C=C2N1C(=O)OC[C@H]1Cc1ccccc1. The predicted octanol–water partition coefficient (Wildman–Crippen LogP) is 3.57. The van der Waals surface area contributed by atoms with Gasteiger partial charge in [0.25, 0.3) is 0 Å². The van der Waals surface area contributed by atoms with Gasteiger partial charge in [0.05, 0.1) is 6.04 Å². The molecule has 4 heteroatoms. The van der Waals surface area contributed by atoms with Crippen LogP contribution in [0.4, 0.5) is 4.79 Å². The van der Waals surface area contributed by atoms with Gasteiger partial charge >= 0.3 is 6.09 Å². The Bertz CT molecular complexity index is 681. The number of amides is 1. The lowest BCUT2D eigenvalue weighted by atomic mass is 9.66. The van der Waals surface area contributed by atoms with Crippen molar-refractivity contribution in [2.75, 3.05) is 6.61 Å². The number of benzene rings is 1.